The van der Waals surface area contributed by atoms with Crippen molar-refractivity contribution in [1.29, 1.82) is 0 Å². The van der Waals surface area contributed by atoms with Gasteiger partial charge in [0.05, 0.1) is 0 Å². The Morgan fingerprint density at radius 2 is 0.718 bits per heavy atom. The smallest absolute Gasteiger partial charge is 0.135 e. The predicted molar refractivity (Wildman–Crippen MR) is 329 cm³/mol. The predicted octanol–water partition coefficient (Wildman–Crippen LogP) is 21.6. The molecular weight excluding hydrogens is 949 g/mol. The molecule has 0 aliphatic heterocycles. The van der Waals surface area contributed by atoms with Gasteiger partial charge in [0.25, 0.3) is 0 Å². The maximum absolute atomic E-state index is 6.31. The number of anilines is 6. The Hall–Kier alpha value is -8.86. The second-order valence-electron chi connectivity index (χ2n) is 23.7. The summed E-state index contributed by atoms with van der Waals surface area (Å²) in [5.74, 6) is 0.885. The first-order valence-electron chi connectivity index (χ1n) is 27.8. The van der Waals surface area contributed by atoms with E-state index in [1.807, 2.05) is 12.1 Å². The van der Waals surface area contributed by atoms with Crippen LogP contribution < -0.4 is 9.80 Å². The average molecular weight is 1010 g/mol. The Bertz CT molecular complexity index is 4620. The van der Waals surface area contributed by atoms with E-state index in [0.29, 0.717) is 11.8 Å². The highest BCUT2D eigenvalue weighted by molar-refractivity contribution is 6.10. The Morgan fingerprint density at radius 1 is 0.321 bits per heavy atom. The number of fused-ring (bicyclic) bond motifs is 17. The van der Waals surface area contributed by atoms with Crippen LogP contribution in [0.25, 0.3) is 87.7 Å². The Labute approximate surface area is 455 Å². The van der Waals surface area contributed by atoms with E-state index in [2.05, 4.69) is 259 Å². The first-order valence-corrected chi connectivity index (χ1v) is 27.8. The lowest BCUT2D eigenvalue weighted by Crippen LogP contribution is -2.19. The fourth-order valence-electron chi connectivity index (χ4n) is 13.8. The number of furan rings is 2. The Morgan fingerprint density at radius 3 is 1.22 bits per heavy atom. The monoisotopic (exact) mass is 1010 g/mol. The van der Waals surface area contributed by atoms with Crippen molar-refractivity contribution in [2.24, 2.45) is 0 Å². The molecule has 0 saturated carbocycles. The van der Waals surface area contributed by atoms with Gasteiger partial charge >= 0.3 is 0 Å². The molecule has 2 heterocycles. The molecule has 0 fully saturated rings. The molecule has 11 aromatic carbocycles. The van der Waals surface area contributed by atoms with Gasteiger partial charge in [0.15, 0.2) is 0 Å². The van der Waals surface area contributed by atoms with Crippen LogP contribution in [0.4, 0.5) is 34.1 Å². The molecule has 0 saturated heterocycles. The fraction of sp³-hybridized carbons (Fsp3) is 0.162. The molecule has 0 bridgehead atoms. The third-order valence-corrected chi connectivity index (χ3v) is 17.7. The molecule has 0 radical (unpaired) electrons. The maximum atomic E-state index is 6.31. The standard InChI is InChI=1S/C74H60N2O2/c1-43(2)45-17-23-49(24-18-45)75(53-29-37-67-62(41-53)57-13-9-11-15-65(57)77-67)51-27-33-55-47(39-51)21-31-59-60-35-36-64-69(72(60)74(7,8)70(55)59)61-32-22-48-40-52(28-34-56(48)71(61)73(64,5)6)76(50-25-19-46(20-26-50)44(3)4)54-30-38-68-63(42-54)58-14-10-12-16-66(58)78-68/h9-44H,1-8H3. The second-order valence-corrected chi connectivity index (χ2v) is 23.7. The third-order valence-electron chi connectivity index (χ3n) is 17.7. The Kier molecular flexibility index (Phi) is 10.0. The van der Waals surface area contributed by atoms with Crippen molar-refractivity contribution >= 4 is 99.5 Å². The summed E-state index contributed by atoms with van der Waals surface area (Å²) in [4.78, 5) is 4.81. The van der Waals surface area contributed by atoms with Crippen LogP contribution in [0.15, 0.2) is 215 Å². The van der Waals surface area contributed by atoms with Crippen LogP contribution >= 0.6 is 0 Å². The van der Waals surface area contributed by atoms with E-state index >= 15 is 0 Å². The van der Waals surface area contributed by atoms with Crippen molar-refractivity contribution in [1.82, 2.24) is 0 Å². The summed E-state index contributed by atoms with van der Waals surface area (Å²) in [7, 11) is 0. The quantitative estimate of drug-likeness (QED) is 0.152. The molecule has 0 atom stereocenters. The van der Waals surface area contributed by atoms with Gasteiger partial charge in [0, 0.05) is 66.5 Å². The zero-order valence-corrected chi connectivity index (χ0v) is 45.5. The summed E-state index contributed by atoms with van der Waals surface area (Å²) >= 11 is 0. The van der Waals surface area contributed by atoms with E-state index in [1.165, 1.54) is 77.2 Å². The summed E-state index contributed by atoms with van der Waals surface area (Å²) < 4.78 is 12.6. The van der Waals surface area contributed by atoms with E-state index in [-0.39, 0.29) is 10.8 Å². The van der Waals surface area contributed by atoms with E-state index in [9.17, 15) is 0 Å². The first-order chi connectivity index (χ1) is 37.8. The highest BCUT2D eigenvalue weighted by atomic mass is 16.3. The summed E-state index contributed by atoms with van der Waals surface area (Å²) in [6, 6.07) is 76.7. The molecule has 0 N–H and O–H groups in total. The lowest BCUT2D eigenvalue weighted by molar-refractivity contribution is 0.653. The molecule has 4 heteroatoms. The molecule has 378 valence electrons. The van der Waals surface area contributed by atoms with Gasteiger partial charge in [-0.05, 0) is 186 Å². The third kappa shape index (κ3) is 6.78. The largest absolute Gasteiger partial charge is 0.456 e. The minimum absolute atomic E-state index is 0.231. The van der Waals surface area contributed by atoms with Gasteiger partial charge in [-0.25, -0.2) is 0 Å². The van der Waals surface area contributed by atoms with Crippen molar-refractivity contribution in [3.05, 3.63) is 240 Å². The molecule has 13 aromatic rings. The molecule has 0 unspecified atom stereocenters. The SMILES string of the molecule is CC(C)c1ccc(N(c2ccc3c4c(ccc3c2)-c2c(ccc3c2C(C)(C)c2c-3ccc3cc(N(c5ccc(C(C)C)cc5)c5ccc6oc7ccccc7c6c5)ccc23)C4(C)C)c2ccc3oc4ccccc4c3c2)cc1. The van der Waals surface area contributed by atoms with Crippen molar-refractivity contribution in [2.45, 2.75) is 78.1 Å². The highest BCUT2D eigenvalue weighted by Crippen LogP contribution is 2.61. The van der Waals surface area contributed by atoms with Gasteiger partial charge in [0.2, 0.25) is 0 Å². The zero-order chi connectivity index (χ0) is 52.9. The van der Waals surface area contributed by atoms with Crippen molar-refractivity contribution in [3.63, 3.8) is 0 Å². The number of rotatable bonds is 8. The highest BCUT2D eigenvalue weighted by Gasteiger charge is 2.46. The molecule has 0 spiro atoms. The van der Waals surface area contributed by atoms with Crippen LogP contribution in [0.2, 0.25) is 0 Å². The van der Waals surface area contributed by atoms with E-state index in [4.69, 9.17) is 8.83 Å². The van der Waals surface area contributed by atoms with E-state index in [1.54, 1.807) is 0 Å². The molecule has 78 heavy (non-hydrogen) atoms. The van der Waals surface area contributed by atoms with Gasteiger partial charge in [-0.3, -0.25) is 0 Å². The molecular formula is C74H60N2O2. The van der Waals surface area contributed by atoms with Crippen LogP contribution in [0.3, 0.4) is 0 Å². The van der Waals surface area contributed by atoms with Crippen LogP contribution in [0, 0.1) is 0 Å². The van der Waals surface area contributed by atoms with Gasteiger partial charge in [-0.2, -0.15) is 0 Å². The van der Waals surface area contributed by atoms with E-state index in [0.717, 1.165) is 78.0 Å². The summed E-state index contributed by atoms with van der Waals surface area (Å²) in [6.45, 7) is 18.8. The molecule has 2 aliphatic rings. The van der Waals surface area contributed by atoms with Crippen LogP contribution in [-0.2, 0) is 10.8 Å². The molecule has 15 rings (SSSR count). The second kappa shape index (κ2) is 16.8. The number of hydrogen-bond donors (Lipinski definition) is 0. The van der Waals surface area contributed by atoms with Gasteiger partial charge < -0.3 is 18.6 Å². The fourth-order valence-corrected chi connectivity index (χ4v) is 13.8. The molecule has 0 amide bonds. The first kappa shape index (κ1) is 46.4. The minimum atomic E-state index is -0.277. The van der Waals surface area contributed by atoms with E-state index < -0.39 is 0 Å². The van der Waals surface area contributed by atoms with Crippen molar-refractivity contribution in [3.8, 4) is 22.3 Å². The number of nitrogens with zero attached hydrogens (tertiary/aromatic N) is 2. The molecule has 2 aromatic heterocycles. The maximum Gasteiger partial charge on any atom is 0.135 e. The van der Waals surface area contributed by atoms with Crippen molar-refractivity contribution in [2.75, 3.05) is 9.80 Å². The van der Waals surface area contributed by atoms with Gasteiger partial charge in [-0.1, -0.05) is 165 Å². The zero-order valence-electron chi connectivity index (χ0n) is 45.5. The Balaban J connectivity index is 0.837. The normalized spacial score (nSPS) is 14.1. The number of hydrogen-bond acceptors (Lipinski definition) is 4. The van der Waals surface area contributed by atoms with Crippen LogP contribution in [0.1, 0.15) is 101 Å². The summed E-state index contributed by atoms with van der Waals surface area (Å²) in [6.07, 6.45) is 0. The van der Waals surface area contributed by atoms with Crippen molar-refractivity contribution < 1.29 is 8.83 Å². The van der Waals surface area contributed by atoms with Gasteiger partial charge in [0.1, 0.15) is 22.3 Å². The topological polar surface area (TPSA) is 32.8 Å². The van der Waals surface area contributed by atoms with Gasteiger partial charge in [-0.15, -0.1) is 0 Å². The van der Waals surface area contributed by atoms with Crippen LogP contribution in [0.5, 0.6) is 0 Å². The molecule has 2 aliphatic carbocycles. The average Bonchev–Trinajstić information content (AvgIpc) is 3.16. The number of para-hydroxylation sites is 2. The molecule has 4 nitrogen and oxygen atoms in total. The van der Waals surface area contributed by atoms with Crippen LogP contribution in [-0.4, -0.2) is 0 Å². The summed E-state index contributed by atoms with van der Waals surface area (Å²) in [5.41, 5.74) is 23.4. The lowest BCUT2D eigenvalue weighted by atomic mass is 9.76. The minimum Gasteiger partial charge on any atom is -0.456 e. The number of benzene rings is 11. The lowest BCUT2D eigenvalue weighted by Gasteiger charge is -2.28. The summed E-state index contributed by atoms with van der Waals surface area (Å²) in [5, 5.41) is 9.54.